The van der Waals surface area contributed by atoms with Gasteiger partial charge in [-0.15, -0.1) is 0 Å². The number of nitrogens with zero attached hydrogens (tertiary/aromatic N) is 3. The highest BCUT2D eigenvalue weighted by atomic mass is 35.5. The van der Waals surface area contributed by atoms with E-state index in [1.54, 1.807) is 0 Å². The fourth-order valence-corrected chi connectivity index (χ4v) is 3.76. The molecular formula is C21H25ClN4. The molecule has 0 amide bonds. The van der Waals surface area contributed by atoms with Crippen LogP contribution in [0.15, 0.2) is 36.5 Å². The number of imidazole rings is 1. The van der Waals surface area contributed by atoms with Crippen LogP contribution in [-0.2, 0) is 6.54 Å². The van der Waals surface area contributed by atoms with E-state index >= 15 is 0 Å². The number of nitrogens with one attached hydrogen (secondary N) is 1. The highest BCUT2D eigenvalue weighted by Crippen LogP contribution is 2.29. The number of aromatic nitrogens is 2. The van der Waals surface area contributed by atoms with Gasteiger partial charge in [0.15, 0.2) is 0 Å². The number of hydrogen-bond acceptors (Lipinski definition) is 3. The molecule has 5 heteroatoms. The van der Waals surface area contributed by atoms with Gasteiger partial charge >= 0.3 is 0 Å². The molecule has 4 nitrogen and oxygen atoms in total. The zero-order valence-corrected chi connectivity index (χ0v) is 16.2. The van der Waals surface area contributed by atoms with Crippen LogP contribution in [0.3, 0.4) is 0 Å². The van der Waals surface area contributed by atoms with Crippen LogP contribution in [0, 0.1) is 13.8 Å². The molecule has 0 atom stereocenters. The second-order valence-corrected chi connectivity index (χ2v) is 7.59. The molecular weight excluding hydrogens is 344 g/mol. The summed E-state index contributed by atoms with van der Waals surface area (Å²) in [6.45, 7) is 9.42. The average molecular weight is 369 g/mol. The SMILES string of the molecule is Cc1ccc2nc(-c3ccc(Cl)c(C)c3)c(CN3CCCNCC3)n2c1. The number of benzene rings is 1. The average Bonchev–Trinajstić information content (AvgIpc) is 2.80. The van der Waals surface area contributed by atoms with Crippen LogP contribution in [-0.4, -0.2) is 40.5 Å². The second kappa shape index (κ2) is 7.39. The Morgan fingerprint density at radius 3 is 2.85 bits per heavy atom. The van der Waals surface area contributed by atoms with Crippen LogP contribution in [0.4, 0.5) is 0 Å². The molecule has 1 aromatic carbocycles. The summed E-state index contributed by atoms with van der Waals surface area (Å²) in [4.78, 5) is 7.49. The van der Waals surface area contributed by atoms with E-state index < -0.39 is 0 Å². The number of fused-ring (bicyclic) bond motifs is 1. The third kappa shape index (κ3) is 3.50. The van der Waals surface area contributed by atoms with Gasteiger partial charge in [-0.1, -0.05) is 23.7 Å². The largest absolute Gasteiger partial charge is 0.315 e. The van der Waals surface area contributed by atoms with Crippen molar-refractivity contribution in [1.29, 1.82) is 0 Å². The van der Waals surface area contributed by atoms with Crippen LogP contribution in [0.5, 0.6) is 0 Å². The minimum Gasteiger partial charge on any atom is -0.315 e. The normalized spacial score (nSPS) is 16.1. The van der Waals surface area contributed by atoms with Gasteiger partial charge < -0.3 is 9.72 Å². The van der Waals surface area contributed by atoms with Crippen molar-refractivity contribution < 1.29 is 0 Å². The molecule has 0 aliphatic carbocycles. The van der Waals surface area contributed by atoms with E-state index in [9.17, 15) is 0 Å². The third-order valence-electron chi connectivity index (χ3n) is 5.10. The zero-order chi connectivity index (χ0) is 18.1. The fraction of sp³-hybridized carbons (Fsp3) is 0.381. The monoisotopic (exact) mass is 368 g/mol. The second-order valence-electron chi connectivity index (χ2n) is 7.19. The summed E-state index contributed by atoms with van der Waals surface area (Å²) in [5.41, 5.74) is 6.78. The lowest BCUT2D eigenvalue weighted by atomic mass is 10.1. The summed E-state index contributed by atoms with van der Waals surface area (Å²) >= 11 is 6.24. The Morgan fingerprint density at radius 2 is 2.00 bits per heavy atom. The van der Waals surface area contributed by atoms with E-state index in [0.29, 0.717) is 0 Å². The molecule has 0 spiro atoms. The molecule has 2 aromatic heterocycles. The first-order valence-corrected chi connectivity index (χ1v) is 9.67. The highest BCUT2D eigenvalue weighted by molar-refractivity contribution is 6.31. The standard InChI is InChI=1S/C21H25ClN4/c1-15-4-7-20-24-21(17-5-6-18(22)16(2)12-17)19(26(20)13-15)14-25-10-3-8-23-9-11-25/h4-7,12-13,23H,3,8-11,14H2,1-2H3. The quantitative estimate of drug-likeness (QED) is 0.756. The van der Waals surface area contributed by atoms with Gasteiger partial charge in [0.2, 0.25) is 0 Å². The summed E-state index contributed by atoms with van der Waals surface area (Å²) in [7, 11) is 0. The van der Waals surface area contributed by atoms with Gasteiger partial charge in [0.05, 0.1) is 11.4 Å². The minimum absolute atomic E-state index is 0.800. The molecule has 0 unspecified atom stereocenters. The van der Waals surface area contributed by atoms with Gasteiger partial charge in [0.1, 0.15) is 5.65 Å². The molecule has 1 aliphatic rings. The van der Waals surface area contributed by atoms with Crippen LogP contribution >= 0.6 is 11.6 Å². The van der Waals surface area contributed by atoms with Gasteiger partial charge in [-0.25, -0.2) is 4.98 Å². The summed E-state index contributed by atoms with van der Waals surface area (Å²) in [6, 6.07) is 10.4. The van der Waals surface area contributed by atoms with Gasteiger partial charge in [-0.05, 0) is 62.7 Å². The Bertz CT molecular complexity index is 923. The van der Waals surface area contributed by atoms with Crippen molar-refractivity contribution in [3.05, 3.63) is 58.4 Å². The first-order chi connectivity index (χ1) is 12.6. The summed E-state index contributed by atoms with van der Waals surface area (Å²) in [5.74, 6) is 0. The maximum atomic E-state index is 6.24. The van der Waals surface area contributed by atoms with Crippen molar-refractivity contribution in [1.82, 2.24) is 19.6 Å². The predicted octanol–water partition coefficient (Wildman–Crippen LogP) is 4.07. The molecule has 3 aromatic rings. The molecule has 0 saturated carbocycles. The Kier molecular flexibility index (Phi) is 4.98. The Morgan fingerprint density at radius 1 is 1.12 bits per heavy atom. The lowest BCUT2D eigenvalue weighted by Gasteiger charge is -2.20. The van der Waals surface area contributed by atoms with Crippen molar-refractivity contribution >= 4 is 17.2 Å². The van der Waals surface area contributed by atoms with E-state index in [2.05, 4.69) is 52.0 Å². The number of pyridine rings is 1. The molecule has 136 valence electrons. The Hall–Kier alpha value is -1.88. The third-order valence-corrected chi connectivity index (χ3v) is 5.53. The molecule has 1 N–H and O–H groups in total. The van der Waals surface area contributed by atoms with Gasteiger partial charge in [-0.3, -0.25) is 4.90 Å². The first-order valence-electron chi connectivity index (χ1n) is 9.29. The van der Waals surface area contributed by atoms with E-state index in [1.807, 2.05) is 13.0 Å². The first kappa shape index (κ1) is 17.5. The molecule has 4 rings (SSSR count). The van der Waals surface area contributed by atoms with Crippen molar-refractivity contribution in [3.8, 4) is 11.3 Å². The van der Waals surface area contributed by atoms with E-state index in [-0.39, 0.29) is 0 Å². The highest BCUT2D eigenvalue weighted by Gasteiger charge is 2.18. The number of rotatable bonds is 3. The van der Waals surface area contributed by atoms with E-state index in [1.165, 1.54) is 17.7 Å². The van der Waals surface area contributed by atoms with Crippen molar-refractivity contribution in [2.45, 2.75) is 26.8 Å². The molecule has 26 heavy (non-hydrogen) atoms. The molecule has 1 saturated heterocycles. The Labute approximate surface area is 159 Å². The van der Waals surface area contributed by atoms with Crippen LogP contribution in [0.2, 0.25) is 5.02 Å². The zero-order valence-electron chi connectivity index (χ0n) is 15.4. The summed E-state index contributed by atoms with van der Waals surface area (Å²) in [5, 5.41) is 4.28. The van der Waals surface area contributed by atoms with Crippen molar-refractivity contribution in [2.75, 3.05) is 26.2 Å². The topological polar surface area (TPSA) is 32.6 Å². The van der Waals surface area contributed by atoms with Gasteiger partial charge in [0, 0.05) is 36.4 Å². The maximum Gasteiger partial charge on any atom is 0.137 e. The lowest BCUT2D eigenvalue weighted by Crippen LogP contribution is -2.28. The van der Waals surface area contributed by atoms with Crippen LogP contribution < -0.4 is 5.32 Å². The molecule has 0 radical (unpaired) electrons. The summed E-state index contributed by atoms with van der Waals surface area (Å²) < 4.78 is 2.26. The van der Waals surface area contributed by atoms with E-state index in [0.717, 1.165) is 60.2 Å². The van der Waals surface area contributed by atoms with Gasteiger partial charge in [-0.2, -0.15) is 0 Å². The summed E-state index contributed by atoms with van der Waals surface area (Å²) in [6.07, 6.45) is 3.38. The van der Waals surface area contributed by atoms with Crippen LogP contribution in [0.25, 0.3) is 16.9 Å². The van der Waals surface area contributed by atoms with Crippen LogP contribution in [0.1, 0.15) is 23.2 Å². The van der Waals surface area contributed by atoms with Gasteiger partial charge in [0.25, 0.3) is 0 Å². The number of halogens is 1. The fourth-order valence-electron chi connectivity index (χ4n) is 3.65. The Balaban J connectivity index is 1.81. The number of aryl methyl sites for hydroxylation is 2. The van der Waals surface area contributed by atoms with Crippen molar-refractivity contribution in [3.63, 3.8) is 0 Å². The molecule has 1 fully saturated rings. The maximum absolute atomic E-state index is 6.24. The van der Waals surface area contributed by atoms with Crippen molar-refractivity contribution in [2.24, 2.45) is 0 Å². The minimum atomic E-state index is 0.800. The van der Waals surface area contributed by atoms with E-state index in [4.69, 9.17) is 16.6 Å². The number of hydrogen-bond donors (Lipinski definition) is 1. The lowest BCUT2D eigenvalue weighted by molar-refractivity contribution is 0.281. The molecule has 1 aliphatic heterocycles. The molecule has 3 heterocycles. The predicted molar refractivity (Wildman–Crippen MR) is 108 cm³/mol. The molecule has 0 bridgehead atoms. The smallest absolute Gasteiger partial charge is 0.137 e.